The van der Waals surface area contributed by atoms with Crippen LogP contribution in [0.5, 0.6) is 0 Å². The third-order valence-electron chi connectivity index (χ3n) is 1.96. The molecule has 5 nitrogen and oxygen atoms in total. The number of benzene rings is 1. The Labute approximate surface area is 85.8 Å². The largest absolute Gasteiger partial charge is 0.481 e. The van der Waals surface area contributed by atoms with E-state index in [0.717, 1.165) is 5.56 Å². The third-order valence-corrected chi connectivity index (χ3v) is 1.96. The molecule has 0 unspecified atom stereocenters. The van der Waals surface area contributed by atoms with Crippen LogP contribution in [-0.4, -0.2) is 26.3 Å². The van der Waals surface area contributed by atoms with Gasteiger partial charge < -0.3 is 5.11 Å². The Hall–Kier alpha value is -2.04. The van der Waals surface area contributed by atoms with Crippen LogP contribution in [0.2, 0.25) is 0 Å². The fourth-order valence-corrected chi connectivity index (χ4v) is 1.29. The van der Waals surface area contributed by atoms with Gasteiger partial charge in [-0.05, 0) is 24.6 Å². The number of hydrogen-bond donors (Lipinski definition) is 1. The lowest BCUT2D eigenvalue weighted by Crippen LogP contribution is -2.06. The Bertz CT molecular complexity index is 525. The molecule has 15 heavy (non-hydrogen) atoms. The molecule has 1 aromatic heterocycles. The van der Waals surface area contributed by atoms with Gasteiger partial charge in [0, 0.05) is 0 Å². The Morgan fingerprint density at radius 1 is 1.33 bits per heavy atom. The van der Waals surface area contributed by atoms with Crippen LogP contribution in [0.1, 0.15) is 11.4 Å². The number of hydrogen-bond acceptors (Lipinski definition) is 4. The number of rotatable bonds is 2. The normalized spacial score (nSPS) is 10.5. The average Bonchev–Trinajstić information content (AvgIpc) is 2.17. The van der Waals surface area contributed by atoms with Crippen LogP contribution in [0, 0.1) is 6.92 Å². The average molecular weight is 203 g/mol. The fourth-order valence-electron chi connectivity index (χ4n) is 1.29. The molecule has 2 aromatic rings. The highest BCUT2D eigenvalue weighted by atomic mass is 16.4. The first-order valence-corrected chi connectivity index (χ1v) is 4.47. The predicted molar refractivity (Wildman–Crippen MR) is 53.4 cm³/mol. The standard InChI is InChI=1S/C10H9N3O2/c1-6-2-3-7-8(4-6)12-13-9(11-7)5-10(14)15/h2-4H,5H2,1H3,(H,14,15). The molecule has 0 fully saturated rings. The van der Waals surface area contributed by atoms with Crippen LogP contribution in [-0.2, 0) is 11.2 Å². The monoisotopic (exact) mass is 203 g/mol. The van der Waals surface area contributed by atoms with Crippen LogP contribution in [0.4, 0.5) is 0 Å². The first kappa shape index (κ1) is 9.51. The highest BCUT2D eigenvalue weighted by Gasteiger charge is 2.05. The van der Waals surface area contributed by atoms with Crippen LogP contribution < -0.4 is 0 Å². The van der Waals surface area contributed by atoms with Crippen LogP contribution >= 0.6 is 0 Å². The molecular formula is C10H9N3O2. The molecule has 1 heterocycles. The van der Waals surface area contributed by atoms with Gasteiger partial charge in [-0.3, -0.25) is 4.79 Å². The molecule has 0 saturated heterocycles. The summed E-state index contributed by atoms with van der Waals surface area (Å²) < 4.78 is 0. The molecular weight excluding hydrogens is 194 g/mol. The molecule has 1 aromatic carbocycles. The lowest BCUT2D eigenvalue weighted by Gasteiger charge is -1.99. The van der Waals surface area contributed by atoms with Gasteiger partial charge >= 0.3 is 5.97 Å². The van der Waals surface area contributed by atoms with Crippen LogP contribution in [0.15, 0.2) is 18.2 Å². The Morgan fingerprint density at radius 2 is 2.13 bits per heavy atom. The predicted octanol–water partition coefficient (Wildman–Crippen LogP) is 0.960. The van der Waals surface area contributed by atoms with Gasteiger partial charge in [0.1, 0.15) is 11.9 Å². The molecule has 1 N–H and O–H groups in total. The number of aliphatic carboxylic acids is 1. The summed E-state index contributed by atoms with van der Waals surface area (Å²) in [4.78, 5) is 14.6. The molecule has 0 aliphatic carbocycles. The van der Waals surface area contributed by atoms with Crippen molar-refractivity contribution in [3.05, 3.63) is 29.6 Å². The van der Waals surface area contributed by atoms with Crippen molar-refractivity contribution in [1.82, 2.24) is 15.2 Å². The zero-order valence-electron chi connectivity index (χ0n) is 8.14. The number of carbonyl (C=O) groups is 1. The number of carboxylic acids is 1. The van der Waals surface area contributed by atoms with Gasteiger partial charge in [0.05, 0.1) is 5.52 Å². The van der Waals surface area contributed by atoms with E-state index >= 15 is 0 Å². The zero-order chi connectivity index (χ0) is 10.8. The van der Waals surface area contributed by atoms with Gasteiger partial charge in [-0.25, -0.2) is 4.98 Å². The van der Waals surface area contributed by atoms with Crippen molar-refractivity contribution in [2.45, 2.75) is 13.3 Å². The van der Waals surface area contributed by atoms with Crippen LogP contribution in [0.25, 0.3) is 11.0 Å². The summed E-state index contributed by atoms with van der Waals surface area (Å²) in [5, 5.41) is 16.2. The molecule has 0 atom stereocenters. The van der Waals surface area contributed by atoms with Crippen molar-refractivity contribution in [1.29, 1.82) is 0 Å². The summed E-state index contributed by atoms with van der Waals surface area (Å²) in [5.74, 6) is -0.720. The highest BCUT2D eigenvalue weighted by molar-refractivity contribution is 5.75. The number of aromatic nitrogens is 3. The summed E-state index contributed by atoms with van der Waals surface area (Å²) in [5.41, 5.74) is 2.43. The van der Waals surface area contributed by atoms with Gasteiger partial charge in [-0.15, -0.1) is 10.2 Å². The van der Waals surface area contributed by atoms with Gasteiger partial charge in [-0.1, -0.05) is 6.07 Å². The van der Waals surface area contributed by atoms with Gasteiger partial charge in [-0.2, -0.15) is 0 Å². The van der Waals surface area contributed by atoms with E-state index in [1.165, 1.54) is 0 Å². The maximum absolute atomic E-state index is 10.5. The quantitative estimate of drug-likeness (QED) is 0.786. The van der Waals surface area contributed by atoms with Gasteiger partial charge in [0.2, 0.25) is 0 Å². The van der Waals surface area contributed by atoms with E-state index < -0.39 is 5.97 Å². The Kier molecular flexibility index (Phi) is 2.29. The van der Waals surface area contributed by atoms with E-state index in [1.54, 1.807) is 0 Å². The Morgan fingerprint density at radius 3 is 2.87 bits per heavy atom. The molecule has 0 saturated carbocycles. The first-order chi connectivity index (χ1) is 7.15. The summed E-state index contributed by atoms with van der Waals surface area (Å²) in [6, 6.07) is 5.58. The summed E-state index contributed by atoms with van der Waals surface area (Å²) >= 11 is 0. The summed E-state index contributed by atoms with van der Waals surface area (Å²) in [6.45, 7) is 1.95. The third kappa shape index (κ3) is 2.07. The first-order valence-electron chi connectivity index (χ1n) is 4.47. The second-order valence-corrected chi connectivity index (χ2v) is 3.29. The minimum absolute atomic E-state index is 0.198. The van der Waals surface area contributed by atoms with E-state index in [2.05, 4.69) is 15.2 Å². The maximum Gasteiger partial charge on any atom is 0.311 e. The topological polar surface area (TPSA) is 76.0 Å². The van der Waals surface area contributed by atoms with Gasteiger partial charge in [0.25, 0.3) is 0 Å². The molecule has 0 spiro atoms. The van der Waals surface area contributed by atoms with Crippen molar-refractivity contribution in [3.63, 3.8) is 0 Å². The summed E-state index contributed by atoms with van der Waals surface area (Å²) in [6.07, 6.45) is -0.198. The van der Waals surface area contributed by atoms with Crippen molar-refractivity contribution in [3.8, 4) is 0 Å². The molecule has 2 rings (SSSR count). The SMILES string of the molecule is Cc1ccc2nc(CC(=O)O)nnc2c1. The van der Waals surface area contributed by atoms with E-state index in [-0.39, 0.29) is 12.2 Å². The molecule has 0 amide bonds. The lowest BCUT2D eigenvalue weighted by atomic mass is 10.2. The number of nitrogens with zero attached hydrogens (tertiary/aromatic N) is 3. The minimum Gasteiger partial charge on any atom is -0.481 e. The van der Waals surface area contributed by atoms with E-state index in [9.17, 15) is 4.79 Å². The van der Waals surface area contributed by atoms with E-state index in [4.69, 9.17) is 5.11 Å². The molecule has 5 heteroatoms. The Balaban J connectivity index is 2.47. The molecule has 0 bridgehead atoms. The number of fused-ring (bicyclic) bond motifs is 1. The fraction of sp³-hybridized carbons (Fsp3) is 0.200. The van der Waals surface area contributed by atoms with E-state index in [1.807, 2.05) is 25.1 Å². The van der Waals surface area contributed by atoms with Crippen molar-refractivity contribution in [2.75, 3.05) is 0 Å². The zero-order valence-corrected chi connectivity index (χ0v) is 8.14. The van der Waals surface area contributed by atoms with Gasteiger partial charge in [0.15, 0.2) is 5.82 Å². The molecule has 0 aliphatic rings. The molecule has 0 radical (unpaired) electrons. The molecule has 76 valence electrons. The van der Waals surface area contributed by atoms with Crippen molar-refractivity contribution in [2.24, 2.45) is 0 Å². The smallest absolute Gasteiger partial charge is 0.311 e. The minimum atomic E-state index is -0.955. The maximum atomic E-state index is 10.5. The second kappa shape index (κ2) is 3.61. The number of aryl methyl sites for hydroxylation is 1. The molecule has 0 aliphatic heterocycles. The second-order valence-electron chi connectivity index (χ2n) is 3.29. The number of carboxylic acid groups (broad SMARTS) is 1. The lowest BCUT2D eigenvalue weighted by molar-refractivity contribution is -0.136. The van der Waals surface area contributed by atoms with Crippen LogP contribution in [0.3, 0.4) is 0 Å². The summed E-state index contributed by atoms with van der Waals surface area (Å²) in [7, 11) is 0. The highest BCUT2D eigenvalue weighted by Crippen LogP contribution is 2.10. The van der Waals surface area contributed by atoms with Crippen molar-refractivity contribution >= 4 is 17.0 Å². The van der Waals surface area contributed by atoms with Crippen molar-refractivity contribution < 1.29 is 9.90 Å². The van der Waals surface area contributed by atoms with E-state index in [0.29, 0.717) is 11.0 Å².